The summed E-state index contributed by atoms with van der Waals surface area (Å²) in [6, 6.07) is 0. The molecular weight excluding hydrogens is 157 g/mol. The van der Waals surface area contributed by atoms with Gasteiger partial charge in [-0.1, -0.05) is 18.7 Å². The average molecular weight is 162 g/mol. The summed E-state index contributed by atoms with van der Waals surface area (Å²) in [4.78, 5) is 3.58. The van der Waals surface area contributed by atoms with Crippen molar-refractivity contribution in [1.82, 2.24) is 4.98 Å². The van der Waals surface area contributed by atoms with Gasteiger partial charge in [0, 0.05) is 11.1 Å². The number of rotatable bonds is 2. The monoisotopic (exact) mass is 162 g/mol. The smallest absolute Gasteiger partial charge is 0.201 e. The zero-order valence-corrected chi connectivity index (χ0v) is 6.43. The van der Waals surface area contributed by atoms with E-state index in [0.717, 1.165) is 4.34 Å². The summed E-state index contributed by atoms with van der Waals surface area (Å²) < 4.78 is 12.9. The molecule has 1 rings (SSSR count). The van der Waals surface area contributed by atoms with E-state index in [4.69, 9.17) is 0 Å². The van der Waals surface area contributed by atoms with Crippen molar-refractivity contribution in [2.24, 2.45) is 0 Å². The molecule has 1 heterocycles. The molecule has 1 nitrogen and oxygen atoms in total. The van der Waals surface area contributed by atoms with E-state index < -0.39 is 0 Å². The Kier molecular flexibility index (Phi) is 2.48. The number of halogens is 1. The summed E-state index contributed by atoms with van der Waals surface area (Å²) in [5.74, 6) is 1.49. The fourth-order valence-corrected chi connectivity index (χ4v) is 1.78. The second kappa shape index (κ2) is 3.17. The second-order valence-electron chi connectivity index (χ2n) is 1.29. The summed E-state index contributed by atoms with van der Waals surface area (Å²) in [6.07, 6.45) is 0. The molecule has 9 heavy (non-hydrogen) atoms. The standard InChI is InChI=1S/C5H5FNS2/c1-2-8-5-7-4(6)3-9-5/h2-3H,1H3. The zero-order valence-electron chi connectivity index (χ0n) is 4.80. The molecule has 0 atom stereocenters. The van der Waals surface area contributed by atoms with E-state index in [9.17, 15) is 4.39 Å². The first-order valence-corrected chi connectivity index (χ1v) is 4.14. The maximum absolute atomic E-state index is 12.1. The van der Waals surface area contributed by atoms with Gasteiger partial charge in [0.05, 0.1) is 0 Å². The van der Waals surface area contributed by atoms with Gasteiger partial charge in [0.1, 0.15) is 0 Å². The molecule has 0 saturated carbocycles. The molecule has 1 radical (unpaired) electrons. The molecule has 4 heteroatoms. The first kappa shape index (κ1) is 7.02. The van der Waals surface area contributed by atoms with Crippen LogP contribution in [0.25, 0.3) is 0 Å². The number of nitrogens with zero attached hydrogens (tertiary/aromatic N) is 1. The lowest BCUT2D eigenvalue weighted by atomic mass is 11.0. The van der Waals surface area contributed by atoms with E-state index in [0.29, 0.717) is 0 Å². The highest BCUT2D eigenvalue weighted by Gasteiger charge is 1.97. The van der Waals surface area contributed by atoms with Crippen molar-refractivity contribution < 1.29 is 4.39 Å². The largest absolute Gasteiger partial charge is 0.224 e. The fourth-order valence-electron chi connectivity index (χ4n) is 0.394. The number of aromatic nitrogens is 1. The van der Waals surface area contributed by atoms with Gasteiger partial charge < -0.3 is 0 Å². The van der Waals surface area contributed by atoms with Crippen LogP contribution in [0, 0.1) is 11.7 Å². The first-order valence-electron chi connectivity index (χ1n) is 2.38. The van der Waals surface area contributed by atoms with Gasteiger partial charge in [-0.25, -0.2) is 4.98 Å². The Balaban J connectivity index is 2.61. The lowest BCUT2D eigenvalue weighted by Gasteiger charge is -1.83. The Morgan fingerprint density at radius 2 is 2.67 bits per heavy atom. The van der Waals surface area contributed by atoms with Gasteiger partial charge in [-0.05, 0) is 0 Å². The highest BCUT2D eigenvalue weighted by molar-refractivity contribution is 8.02. The molecule has 0 aliphatic rings. The van der Waals surface area contributed by atoms with Gasteiger partial charge in [0.25, 0.3) is 0 Å². The highest BCUT2D eigenvalue weighted by atomic mass is 32.2. The van der Waals surface area contributed by atoms with Crippen molar-refractivity contribution in [3.8, 4) is 0 Å². The van der Waals surface area contributed by atoms with E-state index in [1.165, 1.54) is 28.5 Å². The number of thioether (sulfide) groups is 1. The molecule has 0 unspecified atom stereocenters. The van der Waals surface area contributed by atoms with Crippen LogP contribution in [-0.2, 0) is 0 Å². The van der Waals surface area contributed by atoms with Crippen LogP contribution in [0.5, 0.6) is 0 Å². The van der Waals surface area contributed by atoms with Gasteiger partial charge in [-0.3, -0.25) is 0 Å². The van der Waals surface area contributed by atoms with Gasteiger partial charge in [-0.2, -0.15) is 4.39 Å². The molecule has 1 aromatic heterocycles. The van der Waals surface area contributed by atoms with Crippen LogP contribution in [0.4, 0.5) is 4.39 Å². The van der Waals surface area contributed by atoms with Crippen LogP contribution in [0.2, 0.25) is 0 Å². The van der Waals surface area contributed by atoms with Crippen LogP contribution in [0.3, 0.4) is 0 Å². The lowest BCUT2D eigenvalue weighted by Crippen LogP contribution is -1.69. The van der Waals surface area contributed by atoms with Crippen molar-refractivity contribution >= 4 is 23.1 Å². The molecular formula is C5H5FNS2. The molecule has 0 saturated heterocycles. The quantitative estimate of drug-likeness (QED) is 0.620. The number of hydrogen-bond donors (Lipinski definition) is 0. The second-order valence-corrected chi connectivity index (χ2v) is 3.50. The van der Waals surface area contributed by atoms with Crippen LogP contribution in [-0.4, -0.2) is 4.98 Å². The Bertz CT molecular complexity index is 187. The third kappa shape index (κ3) is 1.95. The van der Waals surface area contributed by atoms with Gasteiger partial charge >= 0.3 is 0 Å². The number of hydrogen-bond acceptors (Lipinski definition) is 3. The van der Waals surface area contributed by atoms with Crippen molar-refractivity contribution in [3.63, 3.8) is 0 Å². The molecule has 49 valence electrons. The maximum atomic E-state index is 12.1. The Morgan fingerprint density at radius 3 is 3.11 bits per heavy atom. The van der Waals surface area contributed by atoms with Crippen LogP contribution >= 0.6 is 23.1 Å². The lowest BCUT2D eigenvalue weighted by molar-refractivity contribution is 0.585. The van der Waals surface area contributed by atoms with Gasteiger partial charge in [0.15, 0.2) is 4.34 Å². The van der Waals surface area contributed by atoms with E-state index in [2.05, 4.69) is 4.98 Å². The van der Waals surface area contributed by atoms with Gasteiger partial charge in [-0.15, -0.1) is 11.3 Å². The Labute approximate surface area is 61.3 Å². The maximum Gasteiger partial charge on any atom is 0.224 e. The Hall–Kier alpha value is -0.0900. The predicted molar refractivity (Wildman–Crippen MR) is 37.9 cm³/mol. The highest BCUT2D eigenvalue weighted by Crippen LogP contribution is 2.23. The molecule has 0 aliphatic heterocycles. The average Bonchev–Trinajstić information content (AvgIpc) is 2.17. The molecule has 0 bridgehead atoms. The SMILES string of the molecule is C[CH]Sc1nc(F)cs1. The molecule has 0 aromatic carbocycles. The minimum absolute atomic E-state index is 0.385. The molecule has 0 aliphatic carbocycles. The van der Waals surface area contributed by atoms with Crippen LogP contribution in [0.15, 0.2) is 9.72 Å². The summed E-state index contributed by atoms with van der Waals surface area (Å²) in [6.45, 7) is 1.89. The van der Waals surface area contributed by atoms with Crippen LogP contribution < -0.4 is 0 Å². The number of thiazole rings is 1. The van der Waals surface area contributed by atoms with Crippen molar-refractivity contribution in [3.05, 3.63) is 17.1 Å². The van der Waals surface area contributed by atoms with E-state index in [1.54, 1.807) is 0 Å². The van der Waals surface area contributed by atoms with E-state index >= 15 is 0 Å². The van der Waals surface area contributed by atoms with Crippen molar-refractivity contribution in [2.45, 2.75) is 11.3 Å². The first-order chi connectivity index (χ1) is 4.33. The Morgan fingerprint density at radius 1 is 1.89 bits per heavy atom. The van der Waals surface area contributed by atoms with Gasteiger partial charge in [0.2, 0.25) is 5.95 Å². The molecule has 0 spiro atoms. The topological polar surface area (TPSA) is 12.9 Å². The van der Waals surface area contributed by atoms with Crippen molar-refractivity contribution in [1.29, 1.82) is 0 Å². The summed E-state index contributed by atoms with van der Waals surface area (Å²) in [5.41, 5.74) is 0. The minimum atomic E-state index is -0.385. The summed E-state index contributed by atoms with van der Waals surface area (Å²) >= 11 is 2.76. The normalized spacial score (nSPS) is 10.0. The van der Waals surface area contributed by atoms with E-state index in [1.807, 2.05) is 12.7 Å². The molecule has 1 aromatic rings. The molecule has 0 N–H and O–H groups in total. The fraction of sp³-hybridized carbons (Fsp3) is 0.200. The minimum Gasteiger partial charge on any atom is -0.201 e. The van der Waals surface area contributed by atoms with Crippen LogP contribution in [0.1, 0.15) is 6.92 Å². The predicted octanol–water partition coefficient (Wildman–Crippen LogP) is 2.56. The third-order valence-corrected chi connectivity index (χ3v) is 2.38. The molecule has 0 amide bonds. The zero-order chi connectivity index (χ0) is 6.69. The third-order valence-electron chi connectivity index (χ3n) is 0.674. The summed E-state index contributed by atoms with van der Waals surface area (Å²) in [7, 11) is 0. The molecule has 0 fully saturated rings. The van der Waals surface area contributed by atoms with Crippen molar-refractivity contribution in [2.75, 3.05) is 0 Å². The van der Waals surface area contributed by atoms with E-state index in [-0.39, 0.29) is 5.95 Å². The summed E-state index contributed by atoms with van der Waals surface area (Å²) in [5, 5.41) is 1.39.